The lowest BCUT2D eigenvalue weighted by Gasteiger charge is -2.16. The minimum atomic E-state index is -4.62. The van der Waals surface area contributed by atoms with Gasteiger partial charge in [0, 0.05) is 0 Å². The number of nitrogens with two attached hydrogens (primary N) is 2. The van der Waals surface area contributed by atoms with Crippen LogP contribution >= 0.6 is 0 Å². The van der Waals surface area contributed by atoms with E-state index in [0.717, 1.165) is 0 Å². The summed E-state index contributed by atoms with van der Waals surface area (Å²) < 4.78 is 37.0. The number of hydrogen-bond donors (Lipinski definition) is 6. The third-order valence-electron chi connectivity index (χ3n) is 4.43. The van der Waals surface area contributed by atoms with E-state index in [1.165, 1.54) is 17.2 Å². The third-order valence-corrected chi connectivity index (χ3v) is 5.33. The maximum absolute atomic E-state index is 12.0. The van der Waals surface area contributed by atoms with Gasteiger partial charge in [-0.25, -0.2) is 19.7 Å². The van der Waals surface area contributed by atoms with E-state index in [1.54, 1.807) is 4.72 Å². The summed E-state index contributed by atoms with van der Waals surface area (Å²) in [6.07, 6.45) is -3.51. The van der Waals surface area contributed by atoms with E-state index in [2.05, 4.69) is 24.9 Å². The average Bonchev–Trinajstić information content (AvgIpc) is 3.22. The van der Waals surface area contributed by atoms with Crippen LogP contribution in [-0.4, -0.2) is 80.9 Å². The first-order chi connectivity index (χ1) is 14.5. The number of nitrogen functional groups attached to an aromatic ring is 1. The molecule has 2 aromatic rings. The number of carbonyl (C=O) groups is 2. The van der Waals surface area contributed by atoms with Gasteiger partial charge in [0.25, 0.3) is 5.91 Å². The Morgan fingerprint density at radius 1 is 1.32 bits per heavy atom. The predicted molar refractivity (Wildman–Crippen MR) is 99.2 cm³/mol. The molecule has 3 heterocycles. The molecule has 1 saturated heterocycles. The number of imidazole rings is 1. The van der Waals surface area contributed by atoms with E-state index in [4.69, 9.17) is 16.2 Å². The lowest BCUT2D eigenvalue weighted by atomic mass is 10.1. The Labute approximate surface area is 174 Å². The molecule has 0 saturated carbocycles. The molecule has 2 amide bonds. The van der Waals surface area contributed by atoms with Gasteiger partial charge in [0.05, 0.1) is 19.4 Å². The number of aliphatic hydroxyl groups is 2. The maximum atomic E-state index is 12.0. The van der Waals surface area contributed by atoms with Gasteiger partial charge in [-0.05, 0) is 0 Å². The zero-order valence-electron chi connectivity index (χ0n) is 15.9. The molecule has 5 atom stereocenters. The van der Waals surface area contributed by atoms with Crippen molar-refractivity contribution >= 4 is 39.1 Å². The Morgan fingerprint density at radius 3 is 2.71 bits per heavy atom. The minimum Gasteiger partial charge on any atom is -0.387 e. The highest BCUT2D eigenvalue weighted by Gasteiger charge is 2.45. The lowest BCUT2D eigenvalue weighted by Crippen LogP contribution is -2.68. The van der Waals surface area contributed by atoms with Crippen molar-refractivity contribution in [1.29, 1.82) is 0 Å². The van der Waals surface area contributed by atoms with Crippen LogP contribution in [0.25, 0.3) is 11.2 Å². The lowest BCUT2D eigenvalue weighted by molar-refractivity contribution is -0.402. The van der Waals surface area contributed by atoms with Gasteiger partial charge in [0.15, 0.2) is 23.7 Å². The van der Waals surface area contributed by atoms with Crippen LogP contribution in [-0.2, 0) is 28.8 Å². The Balaban J connectivity index is 1.66. The molecule has 17 heteroatoms. The number of nitrogens with zero attached hydrogens (tertiary/aromatic N) is 4. The third kappa shape index (κ3) is 4.86. The molecule has 2 aromatic heterocycles. The van der Waals surface area contributed by atoms with E-state index < -0.39 is 65.7 Å². The molecule has 3 rings (SSSR count). The number of quaternary nitrogens is 1. The van der Waals surface area contributed by atoms with Crippen LogP contribution in [0.1, 0.15) is 12.6 Å². The van der Waals surface area contributed by atoms with Crippen molar-refractivity contribution in [3.63, 3.8) is 0 Å². The molecule has 10 N–H and O–H groups in total. The topological polar surface area (TPSA) is 263 Å². The first kappa shape index (κ1) is 22.7. The maximum Gasteiger partial charge on any atom is 0.362 e. The van der Waals surface area contributed by atoms with Gasteiger partial charge in [-0.2, -0.15) is 8.42 Å². The van der Waals surface area contributed by atoms with Gasteiger partial charge in [0.1, 0.15) is 30.2 Å². The van der Waals surface area contributed by atoms with Crippen LogP contribution in [0.2, 0.25) is 0 Å². The molecule has 0 bridgehead atoms. The SMILES string of the molecule is NC(=O)C[C@H]([NH3+])C(=O)NS(=O)(=O)OC[C@H]1O[C@@H](n2cnc3c(N)ncnc32)[C@H](O)[C@@H]1O. The second-order valence-electron chi connectivity index (χ2n) is 6.70. The largest absolute Gasteiger partial charge is 0.387 e. The van der Waals surface area contributed by atoms with Crippen molar-refractivity contribution in [2.24, 2.45) is 5.73 Å². The molecule has 1 aliphatic rings. The van der Waals surface area contributed by atoms with Gasteiger partial charge >= 0.3 is 10.3 Å². The highest BCUT2D eigenvalue weighted by atomic mass is 32.2. The Bertz CT molecular complexity index is 1090. The summed E-state index contributed by atoms with van der Waals surface area (Å²) >= 11 is 0. The number of aromatic nitrogens is 4. The van der Waals surface area contributed by atoms with Crippen molar-refractivity contribution < 1.29 is 42.9 Å². The number of ether oxygens (including phenoxy) is 1. The quantitative estimate of drug-likeness (QED) is 0.215. The normalized spacial score (nSPS) is 24.9. The highest BCUT2D eigenvalue weighted by molar-refractivity contribution is 7.85. The number of aliphatic hydroxyl groups excluding tert-OH is 2. The van der Waals surface area contributed by atoms with Crippen molar-refractivity contribution in [3.05, 3.63) is 12.7 Å². The van der Waals surface area contributed by atoms with E-state index in [1.807, 2.05) is 0 Å². The second-order valence-corrected chi connectivity index (χ2v) is 8.05. The number of hydrogen-bond acceptors (Lipinski definition) is 12. The summed E-state index contributed by atoms with van der Waals surface area (Å²) in [5.41, 5.74) is 14.4. The van der Waals surface area contributed by atoms with E-state index in [9.17, 15) is 28.2 Å². The van der Waals surface area contributed by atoms with E-state index in [-0.39, 0.29) is 17.0 Å². The molecule has 1 aliphatic heterocycles. The smallest absolute Gasteiger partial charge is 0.362 e. The number of amides is 2. The van der Waals surface area contributed by atoms with Crippen LogP contribution in [0.5, 0.6) is 0 Å². The van der Waals surface area contributed by atoms with Gasteiger partial charge in [-0.15, -0.1) is 0 Å². The zero-order valence-corrected chi connectivity index (χ0v) is 16.7. The molecule has 0 radical (unpaired) electrons. The fourth-order valence-electron chi connectivity index (χ4n) is 2.88. The highest BCUT2D eigenvalue weighted by Crippen LogP contribution is 2.32. The van der Waals surface area contributed by atoms with Crippen LogP contribution in [0, 0.1) is 0 Å². The van der Waals surface area contributed by atoms with Gasteiger partial charge in [-0.3, -0.25) is 18.3 Å². The Morgan fingerprint density at radius 2 is 2.03 bits per heavy atom. The van der Waals surface area contributed by atoms with E-state index in [0.29, 0.717) is 0 Å². The summed E-state index contributed by atoms with van der Waals surface area (Å²) in [4.78, 5) is 34.4. The molecule has 31 heavy (non-hydrogen) atoms. The summed E-state index contributed by atoms with van der Waals surface area (Å²) in [6.45, 7) is -0.737. The summed E-state index contributed by atoms with van der Waals surface area (Å²) in [7, 11) is -4.62. The fourth-order valence-corrected chi connectivity index (χ4v) is 3.67. The zero-order chi connectivity index (χ0) is 22.9. The molecule has 16 nitrogen and oxygen atoms in total. The number of primary amides is 1. The van der Waals surface area contributed by atoms with Crippen LogP contribution in [0.3, 0.4) is 0 Å². The monoisotopic (exact) mass is 461 g/mol. The first-order valence-electron chi connectivity index (χ1n) is 8.77. The Kier molecular flexibility index (Phi) is 6.34. The van der Waals surface area contributed by atoms with Gasteiger partial charge in [-0.1, -0.05) is 0 Å². The number of anilines is 1. The first-order valence-corrected chi connectivity index (χ1v) is 10.2. The molecule has 0 aromatic carbocycles. The molecule has 0 aliphatic carbocycles. The number of carbonyl (C=O) groups excluding carboxylic acids is 2. The summed E-state index contributed by atoms with van der Waals surface area (Å²) in [5.74, 6) is -1.85. The van der Waals surface area contributed by atoms with Gasteiger partial charge < -0.3 is 32.2 Å². The summed E-state index contributed by atoms with van der Waals surface area (Å²) in [6, 6.07) is -1.25. The van der Waals surface area contributed by atoms with Crippen LogP contribution in [0.15, 0.2) is 12.7 Å². The fraction of sp³-hybridized carbons (Fsp3) is 0.500. The van der Waals surface area contributed by atoms with Crippen LogP contribution < -0.4 is 21.9 Å². The number of rotatable bonds is 8. The average molecular weight is 461 g/mol. The van der Waals surface area contributed by atoms with Crippen molar-refractivity contribution in [2.45, 2.75) is 37.0 Å². The number of nitrogens with one attached hydrogen (secondary N) is 1. The standard InChI is InChI=1S/C14H20N8O8S/c15-5(1-7(16)23)13(26)21-31(27,28)29-2-6-9(24)10(25)14(30-6)22-4-20-8-11(17)18-3-19-12(8)22/h3-6,9-10,14,24-25H,1-2,15H2,(H2,16,23)(H,21,26)(H2,17,18,19)/p+1/t5-,6+,9+,10+,14+/m0/s1. The molecular formula is C14H21N8O8S+. The van der Waals surface area contributed by atoms with Crippen molar-refractivity contribution in [1.82, 2.24) is 24.2 Å². The van der Waals surface area contributed by atoms with Gasteiger partial charge in [0.2, 0.25) is 5.91 Å². The number of fused-ring (bicyclic) bond motifs is 1. The molecule has 170 valence electrons. The molecule has 0 spiro atoms. The van der Waals surface area contributed by atoms with Crippen molar-refractivity contribution in [3.8, 4) is 0 Å². The predicted octanol–water partition coefficient (Wildman–Crippen LogP) is -5.11. The molecular weight excluding hydrogens is 440 g/mol. The molecule has 1 fully saturated rings. The summed E-state index contributed by atoms with van der Waals surface area (Å²) in [5, 5.41) is 20.6. The minimum absolute atomic E-state index is 0.0959. The Hall–Kier alpha value is -2.96. The molecule has 0 unspecified atom stereocenters. The van der Waals surface area contributed by atoms with Crippen LogP contribution in [0.4, 0.5) is 5.82 Å². The van der Waals surface area contributed by atoms with E-state index >= 15 is 0 Å². The van der Waals surface area contributed by atoms with Crippen molar-refractivity contribution in [2.75, 3.05) is 12.3 Å². The second kappa shape index (κ2) is 8.65.